The normalized spacial score (nSPS) is 12.8. The number of ether oxygens (including phenoxy) is 1. The van der Waals surface area contributed by atoms with Crippen LogP contribution in [0.5, 0.6) is 0 Å². The zero-order chi connectivity index (χ0) is 19.8. The predicted molar refractivity (Wildman–Crippen MR) is 119 cm³/mol. The van der Waals surface area contributed by atoms with Crippen LogP contribution in [0.1, 0.15) is 71.6 Å². The molecule has 0 bridgehead atoms. The van der Waals surface area contributed by atoms with E-state index in [4.69, 9.17) is 4.74 Å². The van der Waals surface area contributed by atoms with Crippen LogP contribution in [-0.2, 0) is 9.53 Å². The van der Waals surface area contributed by atoms with Gasteiger partial charge in [-0.2, -0.15) is 0 Å². The summed E-state index contributed by atoms with van der Waals surface area (Å²) in [5.74, 6) is -0.101. The Morgan fingerprint density at radius 2 is 1.04 bits per heavy atom. The fourth-order valence-electron chi connectivity index (χ4n) is 2.13. The Balaban J connectivity index is 3.54. The second kappa shape index (κ2) is 22.0. The van der Waals surface area contributed by atoms with Crippen LogP contribution in [0.3, 0.4) is 0 Å². The van der Waals surface area contributed by atoms with Gasteiger partial charge in [-0.05, 0) is 51.4 Å². The quantitative estimate of drug-likeness (QED) is 0.209. The van der Waals surface area contributed by atoms with Gasteiger partial charge in [-0.25, -0.2) is 0 Å². The van der Waals surface area contributed by atoms with Gasteiger partial charge in [-0.15, -0.1) is 0 Å². The molecule has 0 saturated carbocycles. The van der Waals surface area contributed by atoms with Gasteiger partial charge in [0.1, 0.15) is 0 Å². The molecule has 0 heterocycles. The summed E-state index contributed by atoms with van der Waals surface area (Å²) in [7, 11) is 0. The minimum absolute atomic E-state index is 0.101. The molecule has 0 unspecified atom stereocenters. The first-order valence-electron chi connectivity index (χ1n) is 10.4. The Labute approximate surface area is 167 Å². The van der Waals surface area contributed by atoms with E-state index in [1.165, 1.54) is 0 Å². The standard InChI is InChI=1S/C25H38O2/c1-3-5-6-7-8-9-10-11-12-13-14-15-16-17-18-19-20-21-22-23-25(26)27-24-4-2/h5-6,8-9,11-12,14-15,17-18,20-21H,3-4,7,10,13,16,19,22-24H2,1-2H3/b6-5-,9-8-,12-11-,15-14-,18-17-,21-20-. The number of esters is 1. The number of allylic oxidation sites excluding steroid dienone is 12. The molecule has 0 amide bonds. The highest BCUT2D eigenvalue weighted by molar-refractivity contribution is 5.69. The minimum atomic E-state index is -0.101. The SMILES string of the molecule is CC/C=C\C/C=C\C/C=C\C/C=C\C/C=C\C/C=C\CCC(=O)OCCC. The molecule has 0 aromatic carbocycles. The molecule has 2 nitrogen and oxygen atoms in total. The smallest absolute Gasteiger partial charge is 0.306 e. The molecule has 0 fully saturated rings. The van der Waals surface area contributed by atoms with Crippen molar-refractivity contribution < 1.29 is 9.53 Å². The Hall–Kier alpha value is -2.09. The summed E-state index contributed by atoms with van der Waals surface area (Å²) in [5, 5.41) is 0. The lowest BCUT2D eigenvalue weighted by Gasteiger charge is -1.99. The molecule has 0 aliphatic rings. The molecule has 0 aromatic heterocycles. The lowest BCUT2D eigenvalue weighted by molar-refractivity contribution is -0.143. The van der Waals surface area contributed by atoms with E-state index in [0.717, 1.165) is 51.4 Å². The third kappa shape index (κ3) is 21.9. The summed E-state index contributed by atoms with van der Waals surface area (Å²) in [6.07, 6.45) is 34.3. The third-order valence-electron chi connectivity index (χ3n) is 3.58. The summed E-state index contributed by atoms with van der Waals surface area (Å²) in [4.78, 5) is 11.3. The molecular weight excluding hydrogens is 332 g/mol. The molecule has 0 spiro atoms. The van der Waals surface area contributed by atoms with E-state index in [0.29, 0.717) is 13.0 Å². The lowest BCUT2D eigenvalue weighted by atomic mass is 10.2. The minimum Gasteiger partial charge on any atom is -0.466 e. The maximum Gasteiger partial charge on any atom is 0.306 e. The molecule has 0 aliphatic carbocycles. The Morgan fingerprint density at radius 1 is 0.630 bits per heavy atom. The second-order valence-corrected chi connectivity index (χ2v) is 6.17. The summed E-state index contributed by atoms with van der Waals surface area (Å²) >= 11 is 0. The lowest BCUT2D eigenvalue weighted by Crippen LogP contribution is -2.03. The van der Waals surface area contributed by atoms with Crippen molar-refractivity contribution in [3.05, 3.63) is 72.9 Å². The van der Waals surface area contributed by atoms with Crippen LogP contribution in [0.4, 0.5) is 0 Å². The highest BCUT2D eigenvalue weighted by Crippen LogP contribution is 1.99. The van der Waals surface area contributed by atoms with E-state index in [1.54, 1.807) is 0 Å². The van der Waals surface area contributed by atoms with E-state index in [9.17, 15) is 4.79 Å². The summed E-state index contributed by atoms with van der Waals surface area (Å²) in [6, 6.07) is 0. The fraction of sp³-hybridized carbons (Fsp3) is 0.480. The molecule has 0 aliphatic heterocycles. The average Bonchev–Trinajstić information content (AvgIpc) is 2.68. The van der Waals surface area contributed by atoms with E-state index >= 15 is 0 Å². The number of carbonyl (C=O) groups excluding carboxylic acids is 1. The monoisotopic (exact) mass is 370 g/mol. The molecular formula is C25H38O2. The number of hydrogen-bond donors (Lipinski definition) is 0. The summed E-state index contributed by atoms with van der Waals surface area (Å²) in [6.45, 7) is 4.68. The maximum atomic E-state index is 11.3. The maximum absolute atomic E-state index is 11.3. The van der Waals surface area contributed by atoms with Crippen LogP contribution in [0.2, 0.25) is 0 Å². The van der Waals surface area contributed by atoms with Gasteiger partial charge in [0.25, 0.3) is 0 Å². The molecule has 150 valence electrons. The van der Waals surface area contributed by atoms with Gasteiger partial charge >= 0.3 is 5.97 Å². The molecule has 0 radical (unpaired) electrons. The van der Waals surface area contributed by atoms with Gasteiger partial charge in [0.2, 0.25) is 0 Å². The largest absolute Gasteiger partial charge is 0.466 e. The van der Waals surface area contributed by atoms with Crippen molar-refractivity contribution >= 4 is 5.97 Å². The van der Waals surface area contributed by atoms with E-state index in [2.05, 4.69) is 73.8 Å². The molecule has 27 heavy (non-hydrogen) atoms. The molecule has 0 aromatic rings. The van der Waals surface area contributed by atoms with Crippen LogP contribution >= 0.6 is 0 Å². The van der Waals surface area contributed by atoms with Crippen molar-refractivity contribution in [2.75, 3.05) is 6.61 Å². The van der Waals surface area contributed by atoms with E-state index < -0.39 is 0 Å². The predicted octanol–water partition coefficient (Wildman–Crippen LogP) is 7.42. The number of carbonyl (C=O) groups is 1. The molecule has 0 saturated heterocycles. The van der Waals surface area contributed by atoms with Crippen LogP contribution in [0.15, 0.2) is 72.9 Å². The van der Waals surface area contributed by atoms with Crippen molar-refractivity contribution in [2.45, 2.75) is 71.6 Å². The number of rotatable bonds is 16. The molecule has 2 heteroatoms. The van der Waals surface area contributed by atoms with Crippen LogP contribution in [0.25, 0.3) is 0 Å². The van der Waals surface area contributed by atoms with Crippen molar-refractivity contribution in [1.82, 2.24) is 0 Å². The van der Waals surface area contributed by atoms with Gasteiger partial charge in [-0.1, -0.05) is 86.8 Å². The highest BCUT2D eigenvalue weighted by atomic mass is 16.5. The number of hydrogen-bond acceptors (Lipinski definition) is 2. The third-order valence-corrected chi connectivity index (χ3v) is 3.58. The zero-order valence-corrected chi connectivity index (χ0v) is 17.3. The van der Waals surface area contributed by atoms with Crippen molar-refractivity contribution in [1.29, 1.82) is 0 Å². The average molecular weight is 371 g/mol. The first-order chi connectivity index (χ1) is 13.3. The fourth-order valence-corrected chi connectivity index (χ4v) is 2.13. The topological polar surface area (TPSA) is 26.3 Å². The van der Waals surface area contributed by atoms with Crippen molar-refractivity contribution in [3.63, 3.8) is 0 Å². The second-order valence-electron chi connectivity index (χ2n) is 6.17. The van der Waals surface area contributed by atoms with Crippen LogP contribution in [-0.4, -0.2) is 12.6 Å². The van der Waals surface area contributed by atoms with Gasteiger partial charge < -0.3 is 4.74 Å². The molecule has 0 atom stereocenters. The van der Waals surface area contributed by atoms with Crippen LogP contribution < -0.4 is 0 Å². The first-order valence-corrected chi connectivity index (χ1v) is 10.4. The Bertz CT molecular complexity index is 504. The van der Waals surface area contributed by atoms with Gasteiger partial charge in [-0.3, -0.25) is 4.79 Å². The Morgan fingerprint density at radius 3 is 1.44 bits per heavy atom. The van der Waals surface area contributed by atoms with E-state index in [1.807, 2.05) is 13.0 Å². The van der Waals surface area contributed by atoms with Gasteiger partial charge in [0, 0.05) is 6.42 Å². The van der Waals surface area contributed by atoms with E-state index in [-0.39, 0.29) is 5.97 Å². The van der Waals surface area contributed by atoms with Crippen LogP contribution in [0, 0.1) is 0 Å². The summed E-state index contributed by atoms with van der Waals surface area (Å²) in [5.41, 5.74) is 0. The first kappa shape index (κ1) is 24.9. The zero-order valence-electron chi connectivity index (χ0n) is 17.3. The summed E-state index contributed by atoms with van der Waals surface area (Å²) < 4.78 is 5.02. The van der Waals surface area contributed by atoms with Gasteiger partial charge in [0.05, 0.1) is 6.61 Å². The molecule has 0 rings (SSSR count). The van der Waals surface area contributed by atoms with Gasteiger partial charge in [0.15, 0.2) is 0 Å². The highest BCUT2D eigenvalue weighted by Gasteiger charge is 1.98. The molecule has 0 N–H and O–H groups in total. The van der Waals surface area contributed by atoms with Crippen molar-refractivity contribution in [3.8, 4) is 0 Å². The Kier molecular flexibility index (Phi) is 20.3. The van der Waals surface area contributed by atoms with Crippen molar-refractivity contribution in [2.24, 2.45) is 0 Å².